The van der Waals surface area contributed by atoms with Crippen molar-refractivity contribution in [3.05, 3.63) is 70.2 Å². The number of alkyl carbamates (subject to hydrolysis) is 1. The van der Waals surface area contributed by atoms with Crippen molar-refractivity contribution in [3.63, 3.8) is 0 Å². The van der Waals surface area contributed by atoms with Crippen LogP contribution in [0.5, 0.6) is 0 Å². The molecule has 0 aliphatic carbocycles. The van der Waals surface area contributed by atoms with E-state index in [1.165, 1.54) is 0 Å². The molecule has 1 fully saturated rings. The van der Waals surface area contributed by atoms with Crippen molar-refractivity contribution in [1.29, 1.82) is 0 Å². The zero-order chi connectivity index (χ0) is 28.8. The number of carbonyl (C=O) groups is 1. The molecule has 8 heteroatoms. The highest BCUT2D eigenvalue weighted by Crippen LogP contribution is 2.40. The van der Waals surface area contributed by atoms with Crippen LogP contribution in [0.4, 0.5) is 10.5 Å². The Hall–Kier alpha value is -4.07. The summed E-state index contributed by atoms with van der Waals surface area (Å²) in [5.41, 5.74) is 9.44. The number of fused-ring (bicyclic) bond motifs is 1. The Morgan fingerprint density at radius 3 is 2.27 bits per heavy atom. The lowest BCUT2D eigenvalue weighted by Gasteiger charge is -2.36. The van der Waals surface area contributed by atoms with Gasteiger partial charge in [0, 0.05) is 19.1 Å². The topological polar surface area (TPSA) is 97.2 Å². The van der Waals surface area contributed by atoms with Crippen LogP contribution >= 0.6 is 0 Å². The summed E-state index contributed by atoms with van der Waals surface area (Å²) in [6, 6.07) is 10.6. The molecule has 0 unspecified atom stereocenters. The molecule has 8 nitrogen and oxygen atoms in total. The van der Waals surface area contributed by atoms with Gasteiger partial charge in [-0.25, -0.2) is 9.78 Å². The third kappa shape index (κ3) is 5.91. The average molecular weight is 542 g/mol. The van der Waals surface area contributed by atoms with Gasteiger partial charge in [-0.1, -0.05) is 35.4 Å². The lowest BCUT2D eigenvalue weighted by atomic mass is 9.96. The molecule has 0 spiro atoms. The van der Waals surface area contributed by atoms with E-state index in [2.05, 4.69) is 73.2 Å². The Kier molecular flexibility index (Phi) is 7.21. The standard InChI is InChI=1S/C32H39N5O3/c1-19-12-20(2)15-23(14-19)25-17-37(39)18-26(30-34-27-16-21(3)13-22(4)28(27)35-30)29(25)36-10-8-24(9-11-36)33-31(38)40-32(5,6)7/h12-18,24H,8-11H2,1-7H3,(H,33,38)(H,34,35). The Labute approximate surface area is 236 Å². The molecule has 2 N–H and O–H groups in total. The minimum absolute atomic E-state index is 0.0178. The van der Waals surface area contributed by atoms with Gasteiger partial charge < -0.3 is 25.1 Å². The first-order chi connectivity index (χ1) is 18.9. The molecule has 1 saturated heterocycles. The van der Waals surface area contributed by atoms with E-state index in [1.807, 2.05) is 20.8 Å². The van der Waals surface area contributed by atoms with Gasteiger partial charge in [-0.2, -0.15) is 4.73 Å². The fourth-order valence-corrected chi connectivity index (χ4v) is 5.73. The van der Waals surface area contributed by atoms with E-state index >= 15 is 0 Å². The molecule has 5 rings (SSSR count). The van der Waals surface area contributed by atoms with Crippen molar-refractivity contribution >= 4 is 22.8 Å². The van der Waals surface area contributed by atoms with Crippen molar-refractivity contribution in [2.45, 2.75) is 73.0 Å². The van der Waals surface area contributed by atoms with E-state index in [1.54, 1.807) is 12.4 Å². The van der Waals surface area contributed by atoms with Gasteiger partial charge >= 0.3 is 6.09 Å². The number of piperidine rings is 1. The summed E-state index contributed by atoms with van der Waals surface area (Å²) in [6.07, 6.45) is 4.41. The van der Waals surface area contributed by atoms with E-state index in [0.717, 1.165) is 73.2 Å². The average Bonchev–Trinajstić information content (AvgIpc) is 3.27. The largest absolute Gasteiger partial charge is 0.619 e. The first kappa shape index (κ1) is 27.5. The van der Waals surface area contributed by atoms with E-state index in [9.17, 15) is 10.0 Å². The maximum absolute atomic E-state index is 13.1. The van der Waals surface area contributed by atoms with Crippen molar-refractivity contribution in [3.8, 4) is 22.5 Å². The van der Waals surface area contributed by atoms with E-state index in [-0.39, 0.29) is 12.1 Å². The van der Waals surface area contributed by atoms with Gasteiger partial charge in [0.2, 0.25) is 0 Å². The van der Waals surface area contributed by atoms with Crippen LogP contribution in [-0.2, 0) is 4.74 Å². The molecular formula is C32H39N5O3. The van der Waals surface area contributed by atoms with Gasteiger partial charge in [0.1, 0.15) is 17.0 Å². The van der Waals surface area contributed by atoms with Crippen LogP contribution in [0.25, 0.3) is 33.5 Å². The summed E-state index contributed by atoms with van der Waals surface area (Å²) in [5.74, 6) is 0.670. The van der Waals surface area contributed by atoms with E-state index in [0.29, 0.717) is 18.9 Å². The maximum atomic E-state index is 13.1. The summed E-state index contributed by atoms with van der Waals surface area (Å²) in [6.45, 7) is 15.3. The second-order valence-electron chi connectivity index (χ2n) is 12.1. The summed E-state index contributed by atoms with van der Waals surface area (Å²) in [5, 5.41) is 16.1. The molecule has 3 heterocycles. The molecule has 0 saturated carbocycles. The number of ether oxygens (including phenoxy) is 1. The highest BCUT2D eigenvalue weighted by molar-refractivity contribution is 5.91. The minimum Gasteiger partial charge on any atom is -0.619 e. The van der Waals surface area contributed by atoms with Crippen LogP contribution in [0.3, 0.4) is 0 Å². The van der Waals surface area contributed by atoms with Crippen LogP contribution in [0.1, 0.15) is 55.9 Å². The molecule has 2 aromatic heterocycles. The number of aromatic amines is 1. The molecule has 1 amide bonds. The number of pyridine rings is 1. The van der Waals surface area contributed by atoms with Gasteiger partial charge in [-0.05, 0) is 84.1 Å². The Balaban J connectivity index is 1.57. The van der Waals surface area contributed by atoms with Crippen LogP contribution in [0, 0.1) is 32.9 Å². The second-order valence-corrected chi connectivity index (χ2v) is 12.1. The van der Waals surface area contributed by atoms with Gasteiger partial charge in [0.15, 0.2) is 12.4 Å². The zero-order valence-corrected chi connectivity index (χ0v) is 24.5. The molecule has 1 aliphatic heterocycles. The lowest BCUT2D eigenvalue weighted by Crippen LogP contribution is -2.46. The van der Waals surface area contributed by atoms with Gasteiger partial charge in [0.05, 0.1) is 22.3 Å². The normalized spacial score (nSPS) is 14.5. The Morgan fingerprint density at radius 1 is 1.00 bits per heavy atom. The number of H-pyrrole nitrogens is 1. The number of aryl methyl sites for hydroxylation is 4. The number of imidazole rings is 1. The second kappa shape index (κ2) is 10.5. The maximum Gasteiger partial charge on any atom is 0.407 e. The number of rotatable bonds is 4. The highest BCUT2D eigenvalue weighted by Gasteiger charge is 2.29. The molecule has 0 bridgehead atoms. The monoisotopic (exact) mass is 541 g/mol. The zero-order valence-electron chi connectivity index (χ0n) is 24.5. The fourth-order valence-electron chi connectivity index (χ4n) is 5.73. The molecule has 1 aliphatic rings. The van der Waals surface area contributed by atoms with Gasteiger partial charge in [-0.15, -0.1) is 0 Å². The number of nitrogens with zero attached hydrogens (tertiary/aromatic N) is 3. The number of amides is 1. The number of hydrogen-bond donors (Lipinski definition) is 2. The quantitative estimate of drug-likeness (QED) is 0.235. The van der Waals surface area contributed by atoms with Crippen LogP contribution in [0.15, 0.2) is 42.7 Å². The molecule has 210 valence electrons. The molecular weight excluding hydrogens is 502 g/mol. The van der Waals surface area contributed by atoms with Crippen molar-refractivity contribution in [2.24, 2.45) is 0 Å². The minimum atomic E-state index is -0.540. The van der Waals surface area contributed by atoms with Gasteiger partial charge in [0.25, 0.3) is 0 Å². The Bertz CT molecular complexity index is 1560. The third-order valence-corrected chi connectivity index (χ3v) is 7.26. The third-order valence-electron chi connectivity index (χ3n) is 7.26. The smallest absolute Gasteiger partial charge is 0.407 e. The molecule has 0 atom stereocenters. The fraction of sp³-hybridized carbons (Fsp3) is 0.406. The highest BCUT2D eigenvalue weighted by atomic mass is 16.6. The van der Waals surface area contributed by atoms with E-state index in [4.69, 9.17) is 9.72 Å². The summed E-state index contributed by atoms with van der Waals surface area (Å²) < 4.78 is 6.36. The predicted molar refractivity (Wildman–Crippen MR) is 159 cm³/mol. The lowest BCUT2D eigenvalue weighted by molar-refractivity contribution is -0.604. The van der Waals surface area contributed by atoms with Crippen LogP contribution in [-0.4, -0.2) is 40.8 Å². The van der Waals surface area contributed by atoms with Crippen LogP contribution in [0.2, 0.25) is 0 Å². The molecule has 2 aromatic carbocycles. The van der Waals surface area contributed by atoms with Crippen molar-refractivity contribution < 1.29 is 14.3 Å². The molecule has 40 heavy (non-hydrogen) atoms. The van der Waals surface area contributed by atoms with Crippen LogP contribution < -0.4 is 14.9 Å². The number of benzene rings is 2. The molecule has 0 radical (unpaired) electrons. The number of aromatic nitrogens is 3. The first-order valence-electron chi connectivity index (χ1n) is 13.9. The SMILES string of the molecule is Cc1cc(C)cc(-c2c[n+]([O-])cc(-c3nc4c(C)cc(C)cc4[nH]3)c2N2CCC(NC(=O)OC(C)(C)C)CC2)c1. The molecule has 4 aromatic rings. The van der Waals surface area contributed by atoms with E-state index < -0.39 is 5.60 Å². The van der Waals surface area contributed by atoms with Crippen molar-refractivity contribution in [2.75, 3.05) is 18.0 Å². The van der Waals surface area contributed by atoms with Gasteiger partial charge in [-0.3, -0.25) is 0 Å². The number of hydrogen-bond acceptors (Lipinski definition) is 5. The predicted octanol–water partition coefficient (Wildman–Crippen LogP) is 6.26. The summed E-state index contributed by atoms with van der Waals surface area (Å²) in [7, 11) is 0. The first-order valence-corrected chi connectivity index (χ1v) is 13.9. The number of carbonyl (C=O) groups excluding carboxylic acids is 1. The summed E-state index contributed by atoms with van der Waals surface area (Å²) in [4.78, 5) is 23.2. The number of nitrogens with one attached hydrogen (secondary N) is 2. The number of anilines is 1. The summed E-state index contributed by atoms with van der Waals surface area (Å²) >= 11 is 0. The van der Waals surface area contributed by atoms with Crippen molar-refractivity contribution in [1.82, 2.24) is 15.3 Å². The Morgan fingerprint density at radius 2 is 1.62 bits per heavy atom.